The Balaban J connectivity index is 1.37. The lowest BCUT2D eigenvalue weighted by molar-refractivity contribution is -0.123. The molecule has 1 aliphatic carbocycles. The van der Waals surface area contributed by atoms with Crippen LogP contribution in [0, 0.1) is 0 Å². The zero-order chi connectivity index (χ0) is 18.4. The number of methoxy groups -OCH3 is 1. The molecule has 2 aliphatic rings. The zero-order valence-corrected chi connectivity index (χ0v) is 15.0. The molecule has 0 spiro atoms. The Morgan fingerprint density at radius 2 is 2.04 bits per heavy atom. The van der Waals surface area contributed by atoms with Crippen LogP contribution in [0.3, 0.4) is 0 Å². The van der Waals surface area contributed by atoms with Crippen LogP contribution in [0.5, 0.6) is 17.2 Å². The predicted molar refractivity (Wildman–Crippen MR) is 100 cm³/mol. The first-order valence-corrected chi connectivity index (χ1v) is 9.02. The molecule has 6 heteroatoms. The second-order valence-electron chi connectivity index (χ2n) is 7.07. The Kier molecular flexibility index (Phi) is 3.53. The van der Waals surface area contributed by atoms with Crippen molar-refractivity contribution >= 4 is 16.8 Å². The highest BCUT2D eigenvalue weighted by Gasteiger charge is 2.52. The van der Waals surface area contributed by atoms with Gasteiger partial charge in [-0.25, -0.2) is 0 Å². The van der Waals surface area contributed by atoms with E-state index >= 15 is 0 Å². The van der Waals surface area contributed by atoms with Crippen LogP contribution in [0.2, 0.25) is 0 Å². The number of aromatic nitrogens is 1. The summed E-state index contributed by atoms with van der Waals surface area (Å²) in [6, 6.07) is 11.6. The van der Waals surface area contributed by atoms with E-state index in [1.807, 2.05) is 42.6 Å². The molecule has 3 aromatic rings. The van der Waals surface area contributed by atoms with Gasteiger partial charge in [0.1, 0.15) is 5.75 Å². The maximum atomic E-state index is 13.0. The van der Waals surface area contributed by atoms with Crippen LogP contribution in [-0.2, 0) is 16.8 Å². The van der Waals surface area contributed by atoms with E-state index in [0.29, 0.717) is 6.54 Å². The third-order valence-electron chi connectivity index (χ3n) is 5.48. The third kappa shape index (κ3) is 2.60. The summed E-state index contributed by atoms with van der Waals surface area (Å²) < 4.78 is 16.1. The average Bonchev–Trinajstić information content (AvgIpc) is 3.18. The summed E-state index contributed by atoms with van der Waals surface area (Å²) in [6.45, 7) is 0.710. The Bertz CT molecular complexity index is 1040. The summed E-state index contributed by atoms with van der Waals surface area (Å²) in [6.07, 6.45) is 3.66. The predicted octanol–water partition coefficient (Wildman–Crippen LogP) is 3.25. The van der Waals surface area contributed by atoms with Gasteiger partial charge in [0, 0.05) is 23.6 Å². The van der Waals surface area contributed by atoms with Gasteiger partial charge in [-0.05, 0) is 54.3 Å². The van der Waals surface area contributed by atoms with Crippen LogP contribution >= 0.6 is 0 Å². The van der Waals surface area contributed by atoms with Crippen LogP contribution in [0.25, 0.3) is 10.9 Å². The number of amides is 1. The Morgan fingerprint density at radius 3 is 2.85 bits per heavy atom. The van der Waals surface area contributed by atoms with E-state index in [0.717, 1.165) is 52.1 Å². The highest BCUT2D eigenvalue weighted by Crippen LogP contribution is 2.51. The van der Waals surface area contributed by atoms with Crippen molar-refractivity contribution in [2.24, 2.45) is 0 Å². The van der Waals surface area contributed by atoms with Gasteiger partial charge in [0.2, 0.25) is 12.7 Å². The van der Waals surface area contributed by atoms with Crippen molar-refractivity contribution in [2.45, 2.75) is 24.8 Å². The molecule has 2 N–H and O–H groups in total. The van der Waals surface area contributed by atoms with E-state index in [-0.39, 0.29) is 12.7 Å². The van der Waals surface area contributed by atoms with E-state index in [9.17, 15) is 4.79 Å². The molecular formula is C21H20N2O4. The lowest BCUT2D eigenvalue weighted by Crippen LogP contribution is -2.34. The third-order valence-corrected chi connectivity index (χ3v) is 5.48. The molecule has 0 bridgehead atoms. The number of rotatable bonds is 5. The molecule has 2 aromatic carbocycles. The van der Waals surface area contributed by atoms with E-state index in [4.69, 9.17) is 14.2 Å². The molecule has 1 amide bonds. The Hall–Kier alpha value is -3.15. The van der Waals surface area contributed by atoms with Gasteiger partial charge < -0.3 is 24.5 Å². The van der Waals surface area contributed by atoms with Crippen molar-refractivity contribution in [1.82, 2.24) is 10.3 Å². The summed E-state index contributed by atoms with van der Waals surface area (Å²) in [7, 11) is 1.65. The minimum absolute atomic E-state index is 0.0592. The molecule has 1 aromatic heterocycles. The maximum absolute atomic E-state index is 13.0. The van der Waals surface area contributed by atoms with E-state index in [2.05, 4.69) is 10.3 Å². The number of aromatic amines is 1. The number of carbonyl (C=O) groups excluding carboxylic acids is 1. The number of nitrogens with one attached hydrogen (secondary N) is 2. The van der Waals surface area contributed by atoms with Crippen LogP contribution in [0.1, 0.15) is 24.0 Å². The zero-order valence-electron chi connectivity index (χ0n) is 15.0. The number of carbonyl (C=O) groups is 1. The van der Waals surface area contributed by atoms with Crippen molar-refractivity contribution < 1.29 is 19.0 Å². The fourth-order valence-electron chi connectivity index (χ4n) is 3.77. The first kappa shape index (κ1) is 16.1. The fraction of sp³-hybridized carbons (Fsp3) is 0.286. The first-order chi connectivity index (χ1) is 13.2. The Morgan fingerprint density at radius 1 is 1.19 bits per heavy atom. The van der Waals surface area contributed by atoms with Crippen LogP contribution in [0.15, 0.2) is 42.6 Å². The molecule has 1 aliphatic heterocycles. The van der Waals surface area contributed by atoms with Gasteiger partial charge in [0.05, 0.1) is 12.5 Å². The van der Waals surface area contributed by atoms with Crippen molar-refractivity contribution in [3.8, 4) is 17.2 Å². The molecule has 5 rings (SSSR count). The lowest BCUT2D eigenvalue weighted by atomic mass is 9.94. The summed E-state index contributed by atoms with van der Waals surface area (Å²) in [5.74, 6) is 2.33. The summed E-state index contributed by atoms with van der Waals surface area (Å²) >= 11 is 0. The maximum Gasteiger partial charge on any atom is 0.231 e. The standard InChI is InChI=1S/C21H20N2O4/c1-25-14-3-4-17-15(9-14)16(11-22-17)21(6-7-21)20(24)23-10-13-2-5-18-19(8-13)27-12-26-18/h2-5,8-9,11,22H,6-7,10,12H2,1H3,(H,23,24). The Labute approximate surface area is 156 Å². The molecule has 1 fully saturated rings. The van der Waals surface area contributed by atoms with Gasteiger partial charge in [-0.2, -0.15) is 0 Å². The molecule has 2 heterocycles. The SMILES string of the molecule is COc1ccc2[nH]cc(C3(C(=O)NCc4ccc5c(c4)OCO5)CC3)c2c1. The number of hydrogen-bond acceptors (Lipinski definition) is 4. The van der Waals surface area contributed by atoms with Crippen molar-refractivity contribution in [1.29, 1.82) is 0 Å². The smallest absolute Gasteiger partial charge is 0.231 e. The highest BCUT2D eigenvalue weighted by atomic mass is 16.7. The molecule has 138 valence electrons. The fourth-order valence-corrected chi connectivity index (χ4v) is 3.77. The average molecular weight is 364 g/mol. The molecule has 0 radical (unpaired) electrons. The summed E-state index contributed by atoms with van der Waals surface area (Å²) in [5.41, 5.74) is 2.59. The van der Waals surface area contributed by atoms with Crippen molar-refractivity contribution in [3.63, 3.8) is 0 Å². The van der Waals surface area contributed by atoms with Crippen LogP contribution < -0.4 is 19.5 Å². The van der Waals surface area contributed by atoms with Gasteiger partial charge >= 0.3 is 0 Å². The first-order valence-electron chi connectivity index (χ1n) is 9.02. The second-order valence-corrected chi connectivity index (χ2v) is 7.07. The summed E-state index contributed by atoms with van der Waals surface area (Å²) in [4.78, 5) is 16.3. The van der Waals surface area contributed by atoms with Gasteiger partial charge in [-0.1, -0.05) is 6.07 Å². The quantitative estimate of drug-likeness (QED) is 0.729. The number of H-pyrrole nitrogens is 1. The van der Waals surface area contributed by atoms with Gasteiger partial charge in [0.15, 0.2) is 11.5 Å². The van der Waals surface area contributed by atoms with E-state index < -0.39 is 5.41 Å². The molecule has 0 atom stereocenters. The van der Waals surface area contributed by atoms with Gasteiger partial charge in [-0.15, -0.1) is 0 Å². The lowest BCUT2D eigenvalue weighted by Gasteiger charge is -2.15. The number of ether oxygens (including phenoxy) is 3. The highest BCUT2D eigenvalue weighted by molar-refractivity contribution is 5.98. The van der Waals surface area contributed by atoms with E-state index in [1.165, 1.54) is 0 Å². The molecule has 0 unspecified atom stereocenters. The molecule has 6 nitrogen and oxygen atoms in total. The number of hydrogen-bond donors (Lipinski definition) is 2. The van der Waals surface area contributed by atoms with Crippen LogP contribution in [0.4, 0.5) is 0 Å². The minimum Gasteiger partial charge on any atom is -0.497 e. The normalized spacial score (nSPS) is 16.3. The number of fused-ring (bicyclic) bond motifs is 2. The van der Waals surface area contributed by atoms with Gasteiger partial charge in [0.25, 0.3) is 0 Å². The molecular weight excluding hydrogens is 344 g/mol. The number of benzene rings is 2. The second kappa shape index (κ2) is 5.94. The van der Waals surface area contributed by atoms with Crippen molar-refractivity contribution in [3.05, 3.63) is 53.7 Å². The molecule has 27 heavy (non-hydrogen) atoms. The van der Waals surface area contributed by atoms with E-state index in [1.54, 1.807) is 7.11 Å². The summed E-state index contributed by atoms with van der Waals surface area (Å²) in [5, 5.41) is 4.14. The molecule has 0 saturated heterocycles. The van der Waals surface area contributed by atoms with Crippen LogP contribution in [-0.4, -0.2) is 24.8 Å². The minimum atomic E-state index is -0.457. The van der Waals surface area contributed by atoms with Gasteiger partial charge in [-0.3, -0.25) is 4.79 Å². The van der Waals surface area contributed by atoms with Crippen molar-refractivity contribution in [2.75, 3.05) is 13.9 Å². The monoisotopic (exact) mass is 364 g/mol. The topological polar surface area (TPSA) is 72.6 Å². The molecule has 1 saturated carbocycles. The largest absolute Gasteiger partial charge is 0.497 e.